The number of methoxy groups -OCH3 is 1. The molecule has 0 aromatic carbocycles. The molecule has 2 nitrogen and oxygen atoms in total. The quantitative estimate of drug-likeness (QED) is 0.655. The Bertz CT molecular complexity index is 259. The Balaban J connectivity index is 2.43. The van der Waals surface area contributed by atoms with Crippen LogP contribution in [-0.4, -0.2) is 23.4 Å². The van der Waals surface area contributed by atoms with Gasteiger partial charge in [0.05, 0.1) is 0 Å². The van der Waals surface area contributed by atoms with Crippen molar-refractivity contribution in [3.63, 3.8) is 0 Å². The van der Waals surface area contributed by atoms with Gasteiger partial charge in [-0.15, -0.1) is 6.58 Å². The van der Waals surface area contributed by atoms with Crippen LogP contribution in [0, 0.1) is 5.92 Å². The second-order valence-corrected chi connectivity index (χ2v) is 4.08. The van der Waals surface area contributed by atoms with Gasteiger partial charge in [-0.1, -0.05) is 18.2 Å². The van der Waals surface area contributed by atoms with Gasteiger partial charge in [0.2, 0.25) is 0 Å². The van der Waals surface area contributed by atoms with E-state index in [0.29, 0.717) is 5.92 Å². The fraction of sp³-hybridized carbons (Fsp3) is 0.636. The number of hydrogen-bond acceptors (Lipinski definition) is 2. The average molecular weight is 180 g/mol. The Labute approximate surface area is 78.9 Å². The third-order valence-electron chi connectivity index (χ3n) is 3.53. The average Bonchev–Trinajstić information content (AvgIpc) is 2.19. The highest BCUT2D eigenvalue weighted by Gasteiger charge is 2.53. The van der Waals surface area contributed by atoms with Crippen molar-refractivity contribution >= 4 is 0 Å². The molecule has 0 aromatic rings. The summed E-state index contributed by atoms with van der Waals surface area (Å²) in [7, 11) is 1.66. The van der Waals surface area contributed by atoms with Crippen molar-refractivity contribution in [2.45, 2.75) is 30.5 Å². The highest BCUT2D eigenvalue weighted by atomic mass is 16.5. The zero-order valence-electron chi connectivity index (χ0n) is 7.99. The van der Waals surface area contributed by atoms with E-state index in [1.807, 2.05) is 6.08 Å². The van der Waals surface area contributed by atoms with Gasteiger partial charge in [0.15, 0.2) is 0 Å². The molecule has 0 saturated heterocycles. The molecule has 2 heteroatoms. The lowest BCUT2D eigenvalue weighted by Gasteiger charge is -2.51. The number of aliphatic hydroxyl groups is 1. The van der Waals surface area contributed by atoms with Crippen LogP contribution < -0.4 is 0 Å². The summed E-state index contributed by atoms with van der Waals surface area (Å²) in [5.74, 6) is 0.500. The van der Waals surface area contributed by atoms with Crippen LogP contribution >= 0.6 is 0 Å². The van der Waals surface area contributed by atoms with E-state index in [4.69, 9.17) is 4.74 Å². The lowest BCUT2D eigenvalue weighted by atomic mass is 9.63. The normalized spacial score (nSPS) is 48.0. The molecule has 3 rings (SSSR count). The monoisotopic (exact) mass is 180 g/mol. The molecule has 13 heavy (non-hydrogen) atoms. The number of ether oxygens (including phenoxy) is 1. The molecule has 3 atom stereocenters. The van der Waals surface area contributed by atoms with Crippen molar-refractivity contribution < 1.29 is 9.84 Å². The number of hydrogen-bond donors (Lipinski definition) is 1. The molecule has 3 aliphatic carbocycles. The van der Waals surface area contributed by atoms with Crippen molar-refractivity contribution in [2.75, 3.05) is 7.11 Å². The molecule has 3 aliphatic rings. The maximum Gasteiger partial charge on any atom is 0.118 e. The fourth-order valence-electron chi connectivity index (χ4n) is 2.58. The summed E-state index contributed by atoms with van der Waals surface area (Å²) in [6.07, 6.45) is 8.55. The zero-order chi connectivity index (χ0) is 9.53. The third kappa shape index (κ3) is 1.02. The van der Waals surface area contributed by atoms with E-state index in [1.54, 1.807) is 13.2 Å². The molecule has 0 unspecified atom stereocenters. The van der Waals surface area contributed by atoms with Crippen LogP contribution in [0.1, 0.15) is 19.3 Å². The molecule has 0 heterocycles. The van der Waals surface area contributed by atoms with E-state index in [-0.39, 0.29) is 0 Å². The first-order valence-electron chi connectivity index (χ1n) is 4.76. The van der Waals surface area contributed by atoms with Crippen molar-refractivity contribution in [3.8, 4) is 0 Å². The fourth-order valence-corrected chi connectivity index (χ4v) is 2.58. The SMILES string of the molecule is C=C[C@@]1(O)C[C@@H]2C=C[C@@]1(OC)CC2. The number of allylic oxidation sites excluding steroid dienone is 1. The summed E-state index contributed by atoms with van der Waals surface area (Å²) < 4.78 is 5.46. The highest BCUT2D eigenvalue weighted by Crippen LogP contribution is 2.48. The highest BCUT2D eigenvalue weighted by molar-refractivity contribution is 5.28. The zero-order valence-corrected chi connectivity index (χ0v) is 7.99. The Kier molecular flexibility index (Phi) is 1.86. The molecule has 0 aliphatic heterocycles. The van der Waals surface area contributed by atoms with Gasteiger partial charge in [0, 0.05) is 7.11 Å². The first-order chi connectivity index (χ1) is 6.16. The molecule has 72 valence electrons. The molecular weight excluding hydrogens is 164 g/mol. The van der Waals surface area contributed by atoms with Crippen molar-refractivity contribution in [1.82, 2.24) is 0 Å². The molecule has 0 amide bonds. The maximum absolute atomic E-state index is 10.3. The summed E-state index contributed by atoms with van der Waals surface area (Å²) >= 11 is 0. The molecule has 2 bridgehead atoms. The van der Waals surface area contributed by atoms with Gasteiger partial charge in [-0.2, -0.15) is 0 Å². The largest absolute Gasteiger partial charge is 0.382 e. The minimum Gasteiger partial charge on any atom is -0.382 e. The Morgan fingerprint density at radius 2 is 2.46 bits per heavy atom. The Morgan fingerprint density at radius 3 is 2.85 bits per heavy atom. The van der Waals surface area contributed by atoms with Crippen LogP contribution in [0.2, 0.25) is 0 Å². The first-order valence-corrected chi connectivity index (χ1v) is 4.76. The van der Waals surface area contributed by atoms with Gasteiger partial charge in [0.25, 0.3) is 0 Å². The molecule has 0 aromatic heterocycles. The molecule has 0 radical (unpaired) electrons. The Morgan fingerprint density at radius 1 is 1.69 bits per heavy atom. The van der Waals surface area contributed by atoms with Crippen LogP contribution in [0.15, 0.2) is 24.8 Å². The van der Waals surface area contributed by atoms with Crippen molar-refractivity contribution in [1.29, 1.82) is 0 Å². The van der Waals surface area contributed by atoms with Gasteiger partial charge in [0.1, 0.15) is 11.2 Å². The molecule has 1 saturated carbocycles. The molecule has 1 fully saturated rings. The van der Waals surface area contributed by atoms with Crippen LogP contribution in [-0.2, 0) is 4.74 Å². The van der Waals surface area contributed by atoms with Gasteiger partial charge in [-0.3, -0.25) is 0 Å². The van der Waals surface area contributed by atoms with E-state index in [9.17, 15) is 5.11 Å². The number of rotatable bonds is 2. The lowest BCUT2D eigenvalue weighted by Crippen LogP contribution is -2.58. The topological polar surface area (TPSA) is 29.5 Å². The molecule has 0 spiro atoms. The van der Waals surface area contributed by atoms with Crippen molar-refractivity contribution in [3.05, 3.63) is 24.8 Å². The summed E-state index contributed by atoms with van der Waals surface area (Å²) in [5.41, 5.74) is -1.37. The minimum absolute atomic E-state index is 0.500. The van der Waals surface area contributed by atoms with Crippen LogP contribution in [0.5, 0.6) is 0 Å². The standard InChI is InChI=1S/C11H16O2/c1-3-10(12)8-9-4-6-11(10,13-2)7-5-9/h3-4,6,9,12H,1,5,7-8H2,2H3/t9-,10-,11-/m1/s1. The smallest absolute Gasteiger partial charge is 0.118 e. The predicted octanol–water partition coefficient (Wildman–Crippen LogP) is 1.66. The van der Waals surface area contributed by atoms with Gasteiger partial charge < -0.3 is 9.84 Å². The lowest BCUT2D eigenvalue weighted by molar-refractivity contribution is -0.151. The predicted molar refractivity (Wildman–Crippen MR) is 51.4 cm³/mol. The third-order valence-corrected chi connectivity index (χ3v) is 3.53. The van der Waals surface area contributed by atoms with Crippen molar-refractivity contribution in [2.24, 2.45) is 5.92 Å². The van der Waals surface area contributed by atoms with Crippen LogP contribution in [0.25, 0.3) is 0 Å². The van der Waals surface area contributed by atoms with Crippen LogP contribution in [0.4, 0.5) is 0 Å². The Hall–Kier alpha value is -0.600. The minimum atomic E-state index is -0.862. The first kappa shape index (κ1) is 8.97. The van der Waals surface area contributed by atoms with Gasteiger partial charge >= 0.3 is 0 Å². The summed E-state index contributed by atoms with van der Waals surface area (Å²) in [4.78, 5) is 0. The van der Waals surface area contributed by atoms with Crippen LogP contribution in [0.3, 0.4) is 0 Å². The second kappa shape index (κ2) is 2.69. The number of fused-ring (bicyclic) bond motifs is 2. The van der Waals surface area contributed by atoms with E-state index < -0.39 is 11.2 Å². The van der Waals surface area contributed by atoms with E-state index in [1.165, 1.54) is 0 Å². The van der Waals surface area contributed by atoms with E-state index in [2.05, 4.69) is 12.7 Å². The van der Waals surface area contributed by atoms with Gasteiger partial charge in [-0.05, 0) is 25.2 Å². The summed E-state index contributed by atoms with van der Waals surface area (Å²) in [6.45, 7) is 3.70. The van der Waals surface area contributed by atoms with E-state index in [0.717, 1.165) is 19.3 Å². The summed E-state index contributed by atoms with van der Waals surface area (Å²) in [6, 6.07) is 0. The summed E-state index contributed by atoms with van der Waals surface area (Å²) in [5, 5.41) is 10.3. The van der Waals surface area contributed by atoms with E-state index >= 15 is 0 Å². The maximum atomic E-state index is 10.3. The molecule has 1 N–H and O–H groups in total. The second-order valence-electron chi connectivity index (χ2n) is 4.08. The molecular formula is C11H16O2. The van der Waals surface area contributed by atoms with Gasteiger partial charge in [-0.25, -0.2) is 0 Å².